The minimum atomic E-state index is -4.65. The summed E-state index contributed by atoms with van der Waals surface area (Å²) in [5, 5.41) is 61.8. The zero-order chi connectivity index (χ0) is 52.3. The third-order valence-electron chi connectivity index (χ3n) is 14.1. The van der Waals surface area contributed by atoms with Crippen LogP contribution in [0.2, 0.25) is 0 Å². The van der Waals surface area contributed by atoms with Crippen LogP contribution in [-0.4, -0.2) is 57.2 Å². The first-order valence-corrected chi connectivity index (χ1v) is 26.2. The molecule has 380 valence electrons. The maximum atomic E-state index is 13.1. The predicted octanol–water partition coefficient (Wildman–Crippen LogP) is 13.0. The number of hydrogen-bond acceptors (Lipinski definition) is 11. The molecule has 0 saturated carbocycles. The molecule has 7 N–H and O–H groups in total. The van der Waals surface area contributed by atoms with Crippen molar-refractivity contribution in [1.82, 2.24) is 0 Å². The van der Waals surface area contributed by atoms with Crippen LogP contribution in [0.3, 0.4) is 0 Å². The highest BCUT2D eigenvalue weighted by atomic mass is 32.2. The van der Waals surface area contributed by atoms with Gasteiger partial charge in [-0.1, -0.05) is 54.6 Å². The van der Waals surface area contributed by atoms with Gasteiger partial charge in [0.05, 0.1) is 4.90 Å². The Bertz CT molecular complexity index is 3490. The summed E-state index contributed by atoms with van der Waals surface area (Å²) in [4.78, 5) is 4.08. The molecular formula is C61H60N2O10S. The molecule has 0 fully saturated rings. The molecule has 12 nitrogen and oxygen atoms in total. The second-order valence-electron chi connectivity index (χ2n) is 19.2. The Morgan fingerprint density at radius 1 is 0.486 bits per heavy atom. The van der Waals surface area contributed by atoms with Gasteiger partial charge in [0.2, 0.25) is 0 Å². The third-order valence-corrected chi connectivity index (χ3v) is 15.0. The monoisotopic (exact) mass is 1010 g/mol. The molecule has 9 rings (SSSR count). The van der Waals surface area contributed by atoms with Gasteiger partial charge in [0.1, 0.15) is 46.0 Å². The van der Waals surface area contributed by atoms with Crippen molar-refractivity contribution in [1.29, 1.82) is 0 Å². The van der Waals surface area contributed by atoms with E-state index in [1.165, 1.54) is 42.5 Å². The van der Waals surface area contributed by atoms with Gasteiger partial charge in [0, 0.05) is 65.5 Å². The minimum absolute atomic E-state index is 0.0627. The first kappa shape index (κ1) is 50.8. The molecule has 8 aromatic rings. The van der Waals surface area contributed by atoms with Crippen molar-refractivity contribution in [3.05, 3.63) is 207 Å². The van der Waals surface area contributed by atoms with Gasteiger partial charge in [-0.3, -0.25) is 4.55 Å². The Kier molecular flexibility index (Phi) is 14.8. The second-order valence-corrected chi connectivity index (χ2v) is 20.6. The number of rotatable bonds is 18. The van der Waals surface area contributed by atoms with Crippen LogP contribution in [0.5, 0.6) is 46.0 Å². The number of aromatic hydroxyl groups is 6. The average molecular weight is 1010 g/mol. The van der Waals surface area contributed by atoms with Crippen LogP contribution < -0.4 is 14.5 Å². The lowest BCUT2D eigenvalue weighted by Crippen LogP contribution is -2.21. The number of benzene rings is 8. The summed E-state index contributed by atoms with van der Waals surface area (Å²) in [6.07, 6.45) is 5.10. The van der Waals surface area contributed by atoms with Crippen molar-refractivity contribution >= 4 is 32.9 Å². The van der Waals surface area contributed by atoms with Crippen molar-refractivity contribution < 1.29 is 48.3 Å². The van der Waals surface area contributed by atoms with Gasteiger partial charge in [-0.05, 0) is 195 Å². The molecule has 1 aliphatic rings. The first-order valence-electron chi connectivity index (χ1n) is 24.8. The van der Waals surface area contributed by atoms with Crippen molar-refractivity contribution in [2.75, 3.05) is 23.4 Å². The molecule has 74 heavy (non-hydrogen) atoms. The maximum Gasteiger partial charge on any atom is 0.294 e. The molecule has 1 heterocycles. The lowest BCUT2D eigenvalue weighted by Gasteiger charge is -2.33. The van der Waals surface area contributed by atoms with Crippen molar-refractivity contribution in [2.24, 2.45) is 0 Å². The SMILES string of the molecule is Cc1ccc(CCCc2cc(O)ccc2O)cc1N(C)c1ccc2c(c1)Oc1cc(N(CCCc3cc(O)ccc3O)c3cc(CCCc4cc(O)ccc4O)ccc3C)ccc1C2c1ccccc1S(=O)(=O)O. The van der Waals surface area contributed by atoms with E-state index in [2.05, 4.69) is 46.2 Å². The van der Waals surface area contributed by atoms with E-state index in [0.717, 1.165) is 57.8 Å². The smallest absolute Gasteiger partial charge is 0.294 e. The molecule has 0 amide bonds. The maximum absolute atomic E-state index is 13.1. The first-order chi connectivity index (χ1) is 35.5. The number of anilines is 4. The molecule has 1 atom stereocenters. The molecule has 0 aliphatic carbocycles. The zero-order valence-corrected chi connectivity index (χ0v) is 42.3. The second kappa shape index (κ2) is 21.5. The Balaban J connectivity index is 1.07. The Labute approximate surface area is 432 Å². The molecule has 13 heteroatoms. The minimum Gasteiger partial charge on any atom is -0.508 e. The third kappa shape index (κ3) is 11.2. The zero-order valence-electron chi connectivity index (χ0n) is 41.5. The molecule has 0 radical (unpaired) electrons. The molecule has 0 aromatic heterocycles. The van der Waals surface area contributed by atoms with Crippen LogP contribution in [0.1, 0.15) is 80.8 Å². The molecule has 1 unspecified atom stereocenters. The topological polar surface area (TPSA) is 191 Å². The van der Waals surface area contributed by atoms with Crippen LogP contribution in [0.15, 0.2) is 157 Å². The Morgan fingerprint density at radius 3 is 1.50 bits per heavy atom. The van der Waals surface area contributed by atoms with E-state index in [-0.39, 0.29) is 39.4 Å². The normalized spacial score (nSPS) is 12.9. The van der Waals surface area contributed by atoms with Crippen LogP contribution in [-0.2, 0) is 42.2 Å². The van der Waals surface area contributed by atoms with Crippen LogP contribution in [0.25, 0.3) is 0 Å². The van der Waals surface area contributed by atoms with E-state index in [1.807, 2.05) is 57.3 Å². The van der Waals surface area contributed by atoms with E-state index in [9.17, 15) is 43.6 Å². The molecule has 0 saturated heterocycles. The van der Waals surface area contributed by atoms with E-state index < -0.39 is 16.0 Å². The largest absolute Gasteiger partial charge is 0.508 e. The number of aryl methyl sites for hydroxylation is 7. The van der Waals surface area contributed by atoms with Gasteiger partial charge in [0.25, 0.3) is 10.1 Å². The number of hydrogen-bond donors (Lipinski definition) is 7. The van der Waals surface area contributed by atoms with E-state index in [1.54, 1.807) is 36.4 Å². The van der Waals surface area contributed by atoms with E-state index in [4.69, 9.17) is 4.74 Å². The summed E-state index contributed by atoms with van der Waals surface area (Å²) in [7, 11) is -2.67. The van der Waals surface area contributed by atoms with Crippen molar-refractivity contribution in [3.8, 4) is 46.0 Å². The summed E-state index contributed by atoms with van der Waals surface area (Å²) in [6.45, 7) is 4.59. The summed E-state index contributed by atoms with van der Waals surface area (Å²) >= 11 is 0. The van der Waals surface area contributed by atoms with Crippen LogP contribution in [0, 0.1) is 13.8 Å². The fourth-order valence-corrected chi connectivity index (χ4v) is 10.9. The summed E-state index contributed by atoms with van der Waals surface area (Å²) < 4.78 is 43.7. The van der Waals surface area contributed by atoms with E-state index in [0.29, 0.717) is 89.9 Å². The molecule has 0 bridgehead atoms. The summed E-state index contributed by atoms with van der Waals surface area (Å²) in [5.41, 5.74) is 11.5. The fraction of sp³-hybridized carbons (Fsp3) is 0.213. The standard InChI is InChI=1S/C61H60N2O10S/c1-38-16-18-40(9-6-11-42-33-47(64)22-27-55(42)67)31-53(38)62(3)45-20-25-50-58(36-45)73-59-37-46(21-26-51(59)61(50)52-14-4-5-15-60(52)74(70,71)72)63(30-8-13-44-35-49(66)24-29-57(44)69)54-32-41(19-17-39(54)2)10-7-12-43-34-48(65)23-28-56(43)68/h4-5,14-29,31-37,61,64-69H,6-13,30H2,1-3H3,(H,70,71,72). The summed E-state index contributed by atoms with van der Waals surface area (Å²) in [6, 6.07) is 44.5. The van der Waals surface area contributed by atoms with E-state index >= 15 is 0 Å². The number of nitrogens with zero attached hydrogens (tertiary/aromatic N) is 2. The highest BCUT2D eigenvalue weighted by Crippen LogP contribution is 2.51. The van der Waals surface area contributed by atoms with Crippen molar-refractivity contribution in [2.45, 2.75) is 76.0 Å². The molecule has 1 aliphatic heterocycles. The number of fused-ring (bicyclic) bond motifs is 2. The van der Waals surface area contributed by atoms with Gasteiger partial charge >= 0.3 is 0 Å². The van der Waals surface area contributed by atoms with Gasteiger partial charge in [-0.15, -0.1) is 0 Å². The number of phenolic OH excluding ortho intramolecular Hbond substituents is 6. The predicted molar refractivity (Wildman–Crippen MR) is 289 cm³/mol. The van der Waals surface area contributed by atoms with Gasteiger partial charge in [-0.25, -0.2) is 0 Å². The number of phenols is 6. The Morgan fingerprint density at radius 2 is 0.959 bits per heavy atom. The van der Waals surface area contributed by atoms with Gasteiger partial charge in [-0.2, -0.15) is 8.42 Å². The highest BCUT2D eigenvalue weighted by molar-refractivity contribution is 7.85. The van der Waals surface area contributed by atoms with Gasteiger partial charge < -0.3 is 45.2 Å². The van der Waals surface area contributed by atoms with Crippen LogP contribution in [0.4, 0.5) is 22.7 Å². The fourth-order valence-electron chi connectivity index (χ4n) is 10.2. The summed E-state index contributed by atoms with van der Waals surface area (Å²) in [5.74, 6) is 1.01. The van der Waals surface area contributed by atoms with Gasteiger partial charge in [0.15, 0.2) is 0 Å². The molecule has 8 aromatic carbocycles. The number of ether oxygens (including phenoxy) is 1. The lowest BCUT2D eigenvalue weighted by molar-refractivity contribution is 0.450. The van der Waals surface area contributed by atoms with Crippen LogP contribution >= 0.6 is 0 Å². The Hall–Kier alpha value is -8.13. The molecular weight excluding hydrogens is 953 g/mol. The quantitative estimate of drug-likeness (QED) is 0.0318. The lowest BCUT2D eigenvalue weighted by atomic mass is 9.82. The highest BCUT2D eigenvalue weighted by Gasteiger charge is 2.34. The molecule has 0 spiro atoms. The average Bonchev–Trinajstić information content (AvgIpc) is 3.38. The van der Waals surface area contributed by atoms with Crippen molar-refractivity contribution in [3.63, 3.8) is 0 Å².